The highest BCUT2D eigenvalue weighted by Gasteiger charge is 2.15. The minimum atomic E-state index is -0.226. The number of nitrogens with one attached hydrogen (secondary N) is 3. The first kappa shape index (κ1) is 23.0. The summed E-state index contributed by atoms with van der Waals surface area (Å²) >= 11 is 6.39. The third kappa shape index (κ3) is 6.12. The van der Waals surface area contributed by atoms with E-state index in [-0.39, 0.29) is 5.91 Å². The van der Waals surface area contributed by atoms with Crippen LogP contribution in [-0.4, -0.2) is 32.3 Å². The zero-order valence-corrected chi connectivity index (χ0v) is 18.3. The number of rotatable bonds is 8. The molecule has 0 fully saturated rings. The molecule has 0 aromatic heterocycles. The number of nitrogens with zero attached hydrogens (tertiary/aromatic N) is 1. The SMILES string of the molecule is C=C/C(=C\C(=C/C)C(=O)NC(/C=N\C)=C/C)CNc1cc2c(cc1Cl)NC(=C)CO2. The van der Waals surface area contributed by atoms with E-state index in [2.05, 4.69) is 34.1 Å². The maximum Gasteiger partial charge on any atom is 0.255 e. The van der Waals surface area contributed by atoms with E-state index in [9.17, 15) is 4.79 Å². The van der Waals surface area contributed by atoms with Gasteiger partial charge in [-0.05, 0) is 31.6 Å². The molecule has 1 aliphatic rings. The molecule has 3 N–H and O–H groups in total. The molecule has 0 atom stereocenters. The van der Waals surface area contributed by atoms with Crippen molar-refractivity contribution < 1.29 is 9.53 Å². The zero-order chi connectivity index (χ0) is 22.1. The molecule has 0 saturated heterocycles. The Morgan fingerprint density at radius 2 is 2.13 bits per heavy atom. The average molecular weight is 427 g/mol. The number of fused-ring (bicyclic) bond motifs is 1. The van der Waals surface area contributed by atoms with Crippen molar-refractivity contribution in [3.8, 4) is 5.75 Å². The fourth-order valence-electron chi connectivity index (χ4n) is 2.68. The monoisotopic (exact) mass is 426 g/mol. The van der Waals surface area contributed by atoms with Gasteiger partial charge in [0.2, 0.25) is 0 Å². The van der Waals surface area contributed by atoms with Crippen LogP contribution in [0, 0.1) is 0 Å². The van der Waals surface area contributed by atoms with E-state index in [0.29, 0.717) is 35.2 Å². The smallest absolute Gasteiger partial charge is 0.255 e. The minimum absolute atomic E-state index is 0.226. The van der Waals surface area contributed by atoms with Crippen LogP contribution in [0.4, 0.5) is 11.4 Å². The van der Waals surface area contributed by atoms with E-state index in [4.69, 9.17) is 16.3 Å². The van der Waals surface area contributed by atoms with Crippen molar-refractivity contribution in [2.24, 2.45) is 4.99 Å². The number of benzene rings is 1. The van der Waals surface area contributed by atoms with E-state index in [1.807, 2.05) is 13.0 Å². The molecule has 0 radical (unpaired) electrons. The van der Waals surface area contributed by atoms with Crippen molar-refractivity contribution in [2.45, 2.75) is 13.8 Å². The summed E-state index contributed by atoms with van der Waals surface area (Å²) in [5.41, 5.74) is 4.25. The molecule has 1 heterocycles. The summed E-state index contributed by atoms with van der Waals surface area (Å²) in [7, 11) is 1.65. The van der Waals surface area contributed by atoms with E-state index in [1.54, 1.807) is 50.6 Å². The molecule has 0 unspecified atom stereocenters. The van der Waals surface area contributed by atoms with Gasteiger partial charge >= 0.3 is 0 Å². The molecule has 2 rings (SSSR count). The highest BCUT2D eigenvalue weighted by molar-refractivity contribution is 6.33. The fraction of sp³-hybridized carbons (Fsp3) is 0.217. The van der Waals surface area contributed by atoms with E-state index in [0.717, 1.165) is 22.6 Å². The Morgan fingerprint density at radius 3 is 2.77 bits per heavy atom. The average Bonchev–Trinajstić information content (AvgIpc) is 2.73. The number of hydrogen-bond acceptors (Lipinski definition) is 5. The quantitative estimate of drug-likeness (QED) is 0.315. The van der Waals surface area contributed by atoms with Gasteiger partial charge in [0.1, 0.15) is 12.4 Å². The second kappa shape index (κ2) is 11.1. The number of aliphatic imine (C=N–C) groups is 1. The lowest BCUT2D eigenvalue weighted by Gasteiger charge is -2.22. The predicted molar refractivity (Wildman–Crippen MR) is 127 cm³/mol. The third-order valence-corrected chi connectivity index (χ3v) is 4.59. The molecule has 0 saturated carbocycles. The Labute approximate surface area is 182 Å². The molecule has 7 heteroatoms. The highest BCUT2D eigenvalue weighted by atomic mass is 35.5. The summed E-state index contributed by atoms with van der Waals surface area (Å²) < 4.78 is 5.67. The molecule has 1 aromatic rings. The topological polar surface area (TPSA) is 74.8 Å². The van der Waals surface area contributed by atoms with Crippen molar-refractivity contribution >= 4 is 35.1 Å². The Morgan fingerprint density at radius 1 is 1.37 bits per heavy atom. The molecular formula is C23H27ClN4O2. The van der Waals surface area contributed by atoms with Crippen LogP contribution in [0.5, 0.6) is 5.75 Å². The number of allylic oxidation sites excluding steroid dienone is 3. The minimum Gasteiger partial charge on any atom is -0.485 e. The summed E-state index contributed by atoms with van der Waals surface area (Å²) in [6.45, 7) is 12.2. The molecule has 30 heavy (non-hydrogen) atoms. The summed E-state index contributed by atoms with van der Waals surface area (Å²) in [5.74, 6) is 0.472. The third-order valence-electron chi connectivity index (χ3n) is 4.28. The van der Waals surface area contributed by atoms with Crippen molar-refractivity contribution in [1.29, 1.82) is 0 Å². The molecule has 1 amide bonds. The largest absolute Gasteiger partial charge is 0.485 e. The predicted octanol–water partition coefficient (Wildman–Crippen LogP) is 4.85. The number of ether oxygens (including phenoxy) is 1. The van der Waals surface area contributed by atoms with Crippen LogP contribution in [0.15, 0.2) is 77.1 Å². The molecule has 1 aromatic carbocycles. The number of carbonyl (C=O) groups excluding carboxylic acids is 1. The fourth-order valence-corrected chi connectivity index (χ4v) is 2.91. The zero-order valence-electron chi connectivity index (χ0n) is 17.5. The van der Waals surface area contributed by atoms with E-state index < -0.39 is 0 Å². The Bertz CT molecular complexity index is 958. The standard InChI is InChI=1S/C23H27ClN4O2/c1-6-16(9-17(7-2)23(29)28-18(8-3)13-25-5)12-26-20-11-22-21(10-19(20)24)27-15(4)14-30-22/h6-11,13,26-27H,1,4,12,14H2,2-3,5H3,(H,28,29)/b16-9+,17-7+,18-8+,25-13-. The number of anilines is 2. The highest BCUT2D eigenvalue weighted by Crippen LogP contribution is 2.37. The lowest BCUT2D eigenvalue weighted by molar-refractivity contribution is -0.116. The maximum absolute atomic E-state index is 12.6. The van der Waals surface area contributed by atoms with Crippen LogP contribution >= 0.6 is 11.6 Å². The van der Waals surface area contributed by atoms with Gasteiger partial charge in [-0.3, -0.25) is 9.79 Å². The van der Waals surface area contributed by atoms with Crippen LogP contribution in [0.3, 0.4) is 0 Å². The molecule has 158 valence electrons. The van der Waals surface area contributed by atoms with Gasteiger partial charge in [0, 0.05) is 37.1 Å². The Kier molecular flexibility index (Phi) is 8.50. The van der Waals surface area contributed by atoms with Gasteiger partial charge in [0.25, 0.3) is 5.91 Å². The number of hydrogen-bond donors (Lipinski definition) is 3. The summed E-state index contributed by atoms with van der Waals surface area (Å²) in [5, 5.41) is 9.79. The first-order valence-electron chi connectivity index (χ1n) is 9.46. The molecular weight excluding hydrogens is 400 g/mol. The lowest BCUT2D eigenvalue weighted by atomic mass is 10.1. The Balaban J connectivity index is 2.12. The summed E-state index contributed by atoms with van der Waals surface area (Å²) in [4.78, 5) is 16.5. The lowest BCUT2D eigenvalue weighted by Crippen LogP contribution is -2.24. The van der Waals surface area contributed by atoms with E-state index >= 15 is 0 Å². The van der Waals surface area contributed by atoms with Gasteiger partial charge in [-0.15, -0.1) is 0 Å². The summed E-state index contributed by atoms with van der Waals surface area (Å²) in [6, 6.07) is 3.63. The van der Waals surface area contributed by atoms with Gasteiger partial charge in [0.15, 0.2) is 0 Å². The summed E-state index contributed by atoms with van der Waals surface area (Å²) in [6.07, 6.45) is 8.59. The molecule has 0 spiro atoms. The van der Waals surface area contributed by atoms with Crippen LogP contribution in [0.2, 0.25) is 5.02 Å². The van der Waals surface area contributed by atoms with Crippen LogP contribution in [-0.2, 0) is 4.79 Å². The van der Waals surface area contributed by atoms with Gasteiger partial charge in [-0.2, -0.15) is 0 Å². The second-order valence-corrected chi connectivity index (χ2v) is 6.86. The number of halogens is 1. The van der Waals surface area contributed by atoms with Crippen molar-refractivity contribution in [1.82, 2.24) is 5.32 Å². The van der Waals surface area contributed by atoms with Crippen LogP contribution in [0.25, 0.3) is 0 Å². The number of amides is 1. The first-order valence-corrected chi connectivity index (χ1v) is 9.83. The molecule has 1 aliphatic heterocycles. The maximum atomic E-state index is 12.6. The second-order valence-electron chi connectivity index (χ2n) is 6.45. The molecule has 0 aliphatic carbocycles. The van der Waals surface area contributed by atoms with Crippen molar-refractivity contribution in [3.05, 3.63) is 77.2 Å². The van der Waals surface area contributed by atoms with Crippen molar-refractivity contribution in [3.63, 3.8) is 0 Å². The van der Waals surface area contributed by atoms with Crippen LogP contribution < -0.4 is 20.7 Å². The van der Waals surface area contributed by atoms with Crippen LogP contribution in [0.1, 0.15) is 13.8 Å². The van der Waals surface area contributed by atoms with Gasteiger partial charge in [-0.1, -0.05) is 43.0 Å². The first-order chi connectivity index (χ1) is 14.4. The Hall–Kier alpha value is -3.25. The molecule has 0 bridgehead atoms. The molecule has 6 nitrogen and oxygen atoms in total. The normalized spacial score (nSPS) is 14.7. The number of carbonyl (C=O) groups is 1. The van der Waals surface area contributed by atoms with Crippen molar-refractivity contribution in [2.75, 3.05) is 30.8 Å². The van der Waals surface area contributed by atoms with E-state index in [1.165, 1.54) is 0 Å². The van der Waals surface area contributed by atoms with Gasteiger partial charge in [-0.25, -0.2) is 0 Å². The van der Waals surface area contributed by atoms with Gasteiger partial charge < -0.3 is 20.7 Å². The van der Waals surface area contributed by atoms with Gasteiger partial charge in [0.05, 0.1) is 22.1 Å².